The van der Waals surface area contributed by atoms with Gasteiger partial charge in [0.15, 0.2) is 11.5 Å². The molecule has 0 aromatic carbocycles. The first-order valence-electron chi connectivity index (χ1n) is 13.5. The van der Waals surface area contributed by atoms with Gasteiger partial charge in [0.1, 0.15) is 18.2 Å². The van der Waals surface area contributed by atoms with Crippen molar-refractivity contribution in [2.24, 2.45) is 0 Å². The molecule has 212 valence electrons. The lowest BCUT2D eigenvalue weighted by atomic mass is 10.1. The van der Waals surface area contributed by atoms with E-state index in [1.54, 1.807) is 17.8 Å². The Kier molecular flexibility index (Phi) is 16.4. The highest BCUT2D eigenvalue weighted by molar-refractivity contribution is 7.98. The molecule has 0 aliphatic rings. The number of nitrogen functional groups attached to an aromatic ring is 1. The van der Waals surface area contributed by atoms with E-state index in [1.807, 2.05) is 11.8 Å². The Labute approximate surface area is 226 Å². The molecule has 0 aliphatic carbocycles. The molecule has 0 saturated heterocycles. The Hall–Kier alpha value is -1.23. The first-order chi connectivity index (χ1) is 17.9. The second-order valence-corrected chi connectivity index (χ2v) is 12.2. The summed E-state index contributed by atoms with van der Waals surface area (Å²) in [5, 5.41) is 0. The zero-order chi connectivity index (χ0) is 26.8. The van der Waals surface area contributed by atoms with Crippen LogP contribution < -0.4 is 5.73 Å². The number of rotatable bonds is 23. The molecule has 3 N–H and O–H groups in total. The number of nitrogens with zero attached hydrogens (tertiary/aromatic N) is 4. The Morgan fingerprint density at radius 2 is 1.62 bits per heavy atom. The summed E-state index contributed by atoms with van der Waals surface area (Å²) in [6, 6.07) is 0. The van der Waals surface area contributed by atoms with Gasteiger partial charge in [-0.3, -0.25) is 4.57 Å². The lowest BCUT2D eigenvalue weighted by Gasteiger charge is -2.17. The number of hydrogen-bond acceptors (Lipinski definition) is 9. The number of imidazole rings is 1. The van der Waals surface area contributed by atoms with E-state index < -0.39 is 7.60 Å². The number of ether oxygens (including phenoxy) is 2. The zero-order valence-corrected chi connectivity index (χ0v) is 24.3. The second-order valence-electron chi connectivity index (χ2n) is 9.40. The molecular weight excluding hydrogens is 513 g/mol. The highest BCUT2D eigenvalue weighted by atomic mass is 32.2. The minimum Gasteiger partial charge on any atom is -0.382 e. The SMILES string of the molecule is CSCCCCCCCCCCCCOCCCOP(=O)(O)CO[C@H](C)Cn1cnc2c(N)ncnc21. The van der Waals surface area contributed by atoms with Crippen molar-refractivity contribution in [3.63, 3.8) is 0 Å². The maximum Gasteiger partial charge on any atom is 0.353 e. The van der Waals surface area contributed by atoms with Crippen LogP contribution in [-0.2, 0) is 25.1 Å². The highest BCUT2D eigenvalue weighted by Gasteiger charge is 2.21. The van der Waals surface area contributed by atoms with E-state index in [2.05, 4.69) is 21.2 Å². The Bertz CT molecular complexity index is 919. The predicted molar refractivity (Wildman–Crippen MR) is 151 cm³/mol. The fourth-order valence-corrected chi connectivity index (χ4v) is 5.38. The van der Waals surface area contributed by atoms with Crippen molar-refractivity contribution < 1.29 is 23.5 Å². The molecule has 0 radical (unpaired) electrons. The van der Waals surface area contributed by atoms with Gasteiger partial charge in [-0.2, -0.15) is 11.8 Å². The van der Waals surface area contributed by atoms with Gasteiger partial charge in [-0.25, -0.2) is 15.0 Å². The van der Waals surface area contributed by atoms with E-state index in [0.29, 0.717) is 36.6 Å². The van der Waals surface area contributed by atoms with Crippen LogP contribution >= 0.6 is 19.4 Å². The first kappa shape index (κ1) is 32.0. The van der Waals surface area contributed by atoms with Crippen molar-refractivity contribution in [1.29, 1.82) is 0 Å². The van der Waals surface area contributed by atoms with Crippen LogP contribution in [0.3, 0.4) is 0 Å². The van der Waals surface area contributed by atoms with Crippen LogP contribution in [0.15, 0.2) is 12.7 Å². The van der Waals surface area contributed by atoms with Gasteiger partial charge in [-0.1, -0.05) is 51.4 Å². The Morgan fingerprint density at radius 1 is 0.973 bits per heavy atom. The summed E-state index contributed by atoms with van der Waals surface area (Å²) in [7, 11) is -3.83. The summed E-state index contributed by atoms with van der Waals surface area (Å²) in [4.78, 5) is 22.3. The van der Waals surface area contributed by atoms with E-state index >= 15 is 0 Å². The maximum atomic E-state index is 12.2. The van der Waals surface area contributed by atoms with Crippen LogP contribution in [-0.4, -0.2) is 68.7 Å². The van der Waals surface area contributed by atoms with Crippen LogP contribution in [0.5, 0.6) is 0 Å². The third kappa shape index (κ3) is 13.9. The van der Waals surface area contributed by atoms with E-state index in [9.17, 15) is 9.46 Å². The summed E-state index contributed by atoms with van der Waals surface area (Å²) in [6.45, 7) is 3.61. The molecule has 10 nitrogen and oxygen atoms in total. The maximum absolute atomic E-state index is 12.2. The molecule has 2 rings (SSSR count). The molecule has 2 aromatic heterocycles. The largest absolute Gasteiger partial charge is 0.382 e. The van der Waals surface area contributed by atoms with Crippen LogP contribution in [0, 0.1) is 0 Å². The standard InChI is InChI=1S/C25H46N5O5PS/c1-22(18-30-20-29-23-24(26)27-19-28-25(23)30)34-21-36(31,32)35-16-13-15-33-14-11-9-7-5-3-4-6-8-10-12-17-37-2/h19-20,22H,3-18,21H2,1-2H3,(H,31,32)(H2,26,27,28)/t22-/m1/s1. The molecule has 0 saturated carbocycles. The molecule has 2 heterocycles. The molecule has 0 bridgehead atoms. The summed E-state index contributed by atoms with van der Waals surface area (Å²) in [6.07, 6.45) is 18.0. The fourth-order valence-electron chi connectivity index (χ4n) is 3.96. The lowest BCUT2D eigenvalue weighted by molar-refractivity contribution is 0.0688. The number of fused-ring (bicyclic) bond motifs is 1. The average Bonchev–Trinajstić information content (AvgIpc) is 3.28. The quantitative estimate of drug-likeness (QED) is 0.130. The summed E-state index contributed by atoms with van der Waals surface area (Å²) < 4.78 is 30.4. The number of aromatic nitrogens is 4. The van der Waals surface area contributed by atoms with E-state index in [4.69, 9.17) is 19.7 Å². The number of hydrogen-bond donors (Lipinski definition) is 2. The van der Waals surface area contributed by atoms with Crippen LogP contribution in [0.25, 0.3) is 11.2 Å². The van der Waals surface area contributed by atoms with E-state index in [0.717, 1.165) is 13.0 Å². The Morgan fingerprint density at radius 3 is 2.32 bits per heavy atom. The average molecular weight is 560 g/mol. The lowest BCUT2D eigenvalue weighted by Crippen LogP contribution is -2.17. The fraction of sp³-hybridized carbons (Fsp3) is 0.800. The molecular formula is C25H46N5O5PS. The van der Waals surface area contributed by atoms with Crippen molar-refractivity contribution in [2.45, 2.75) is 90.2 Å². The number of unbranched alkanes of at least 4 members (excludes halogenated alkanes) is 9. The second kappa shape index (κ2) is 18.9. The topological polar surface area (TPSA) is 135 Å². The molecule has 12 heteroatoms. The van der Waals surface area contributed by atoms with E-state index in [-0.39, 0.29) is 19.1 Å². The predicted octanol–water partition coefficient (Wildman–Crippen LogP) is 5.64. The highest BCUT2D eigenvalue weighted by Crippen LogP contribution is 2.42. The van der Waals surface area contributed by atoms with E-state index in [1.165, 1.54) is 69.9 Å². The summed E-state index contributed by atoms with van der Waals surface area (Å²) in [5.41, 5.74) is 6.91. The van der Waals surface area contributed by atoms with Crippen LogP contribution in [0.2, 0.25) is 0 Å². The van der Waals surface area contributed by atoms with Gasteiger partial charge < -0.3 is 29.2 Å². The smallest absolute Gasteiger partial charge is 0.353 e. The molecule has 1 unspecified atom stereocenters. The van der Waals surface area contributed by atoms with Gasteiger partial charge in [0.05, 0.1) is 25.6 Å². The molecule has 2 atom stereocenters. The van der Waals surface area contributed by atoms with Crippen LogP contribution in [0.4, 0.5) is 5.82 Å². The van der Waals surface area contributed by atoms with Gasteiger partial charge in [-0.15, -0.1) is 0 Å². The summed E-state index contributed by atoms with van der Waals surface area (Å²) >= 11 is 1.94. The van der Waals surface area contributed by atoms with Gasteiger partial charge in [0, 0.05) is 13.2 Å². The molecule has 0 aliphatic heterocycles. The first-order valence-corrected chi connectivity index (χ1v) is 16.6. The minimum absolute atomic E-state index is 0.158. The van der Waals surface area contributed by atoms with Crippen molar-refractivity contribution >= 4 is 36.3 Å². The normalized spacial score (nSPS) is 14.2. The van der Waals surface area contributed by atoms with Crippen molar-refractivity contribution in [3.8, 4) is 0 Å². The van der Waals surface area contributed by atoms with Gasteiger partial charge in [0.2, 0.25) is 0 Å². The number of nitrogens with two attached hydrogens (primary N) is 1. The molecule has 37 heavy (non-hydrogen) atoms. The monoisotopic (exact) mass is 559 g/mol. The van der Waals surface area contributed by atoms with Crippen molar-refractivity contribution in [3.05, 3.63) is 12.7 Å². The third-order valence-electron chi connectivity index (χ3n) is 6.02. The van der Waals surface area contributed by atoms with Gasteiger partial charge >= 0.3 is 7.60 Å². The molecule has 0 fully saturated rings. The van der Waals surface area contributed by atoms with Gasteiger partial charge in [-0.05, 0) is 38.2 Å². The van der Waals surface area contributed by atoms with Gasteiger partial charge in [0.25, 0.3) is 0 Å². The number of anilines is 1. The number of thioether (sulfide) groups is 1. The summed E-state index contributed by atoms with van der Waals surface area (Å²) in [5.74, 6) is 1.61. The van der Waals surface area contributed by atoms with Crippen LogP contribution in [0.1, 0.15) is 77.6 Å². The molecule has 0 amide bonds. The zero-order valence-electron chi connectivity index (χ0n) is 22.6. The molecule has 0 spiro atoms. The van der Waals surface area contributed by atoms with Crippen molar-refractivity contribution in [2.75, 3.05) is 43.9 Å². The molecule has 2 aromatic rings. The third-order valence-corrected chi connectivity index (χ3v) is 7.78. The van der Waals surface area contributed by atoms with Crippen molar-refractivity contribution in [1.82, 2.24) is 19.5 Å². The minimum atomic E-state index is -3.83. The Balaban J connectivity index is 1.41.